The largest absolute Gasteiger partial charge is 0.352 e. The van der Waals surface area contributed by atoms with Gasteiger partial charge >= 0.3 is 0 Å². The lowest BCUT2D eigenvalue weighted by atomic mass is 9.97. The van der Waals surface area contributed by atoms with Gasteiger partial charge in [0, 0.05) is 37.1 Å². The molecule has 0 radical (unpaired) electrons. The highest BCUT2D eigenvalue weighted by molar-refractivity contribution is 6.31. The second kappa shape index (κ2) is 7.42. The van der Waals surface area contributed by atoms with Crippen molar-refractivity contribution in [3.05, 3.63) is 53.3 Å². The molecule has 1 saturated heterocycles. The van der Waals surface area contributed by atoms with Gasteiger partial charge in [0.05, 0.1) is 5.92 Å². The zero-order valence-electron chi connectivity index (χ0n) is 12.8. The van der Waals surface area contributed by atoms with Gasteiger partial charge in [-0.25, -0.2) is 9.97 Å². The number of hydrogen-bond acceptors (Lipinski definition) is 4. The SMILES string of the molecule is O=C(NCc1ccccc1Cl)[C@@H]1CCCN(c2ncccn2)C1. The Labute approximate surface area is 140 Å². The van der Waals surface area contributed by atoms with Gasteiger partial charge < -0.3 is 10.2 Å². The van der Waals surface area contributed by atoms with Crippen LogP contribution in [0.3, 0.4) is 0 Å². The minimum atomic E-state index is -0.0463. The van der Waals surface area contributed by atoms with E-state index in [-0.39, 0.29) is 11.8 Å². The zero-order chi connectivity index (χ0) is 16.1. The fraction of sp³-hybridized carbons (Fsp3) is 0.353. The van der Waals surface area contributed by atoms with Crippen molar-refractivity contribution in [3.8, 4) is 0 Å². The van der Waals surface area contributed by atoms with Crippen LogP contribution in [0.15, 0.2) is 42.7 Å². The fourth-order valence-electron chi connectivity index (χ4n) is 2.80. The number of nitrogens with one attached hydrogen (secondary N) is 1. The minimum Gasteiger partial charge on any atom is -0.352 e. The summed E-state index contributed by atoms with van der Waals surface area (Å²) >= 11 is 6.12. The Morgan fingerprint density at radius 3 is 2.83 bits per heavy atom. The molecule has 23 heavy (non-hydrogen) atoms. The van der Waals surface area contributed by atoms with Crippen molar-refractivity contribution in [1.29, 1.82) is 0 Å². The first-order valence-electron chi connectivity index (χ1n) is 7.77. The third kappa shape index (κ3) is 3.99. The van der Waals surface area contributed by atoms with Crippen LogP contribution in [0.2, 0.25) is 5.02 Å². The van der Waals surface area contributed by atoms with Crippen LogP contribution < -0.4 is 10.2 Å². The molecule has 1 fully saturated rings. The molecule has 0 saturated carbocycles. The van der Waals surface area contributed by atoms with Crippen LogP contribution in [0.25, 0.3) is 0 Å². The Morgan fingerprint density at radius 1 is 1.26 bits per heavy atom. The van der Waals surface area contributed by atoms with E-state index in [2.05, 4.69) is 20.2 Å². The van der Waals surface area contributed by atoms with Gasteiger partial charge in [-0.1, -0.05) is 29.8 Å². The van der Waals surface area contributed by atoms with Crippen molar-refractivity contribution in [3.63, 3.8) is 0 Å². The second-order valence-corrected chi connectivity index (χ2v) is 6.05. The minimum absolute atomic E-state index is 0.0463. The predicted octanol–water partition coefficient (Wildman–Crippen LogP) is 2.66. The van der Waals surface area contributed by atoms with Gasteiger partial charge in [-0.15, -0.1) is 0 Å². The highest BCUT2D eigenvalue weighted by Crippen LogP contribution is 2.20. The monoisotopic (exact) mass is 330 g/mol. The third-order valence-electron chi connectivity index (χ3n) is 4.04. The predicted molar refractivity (Wildman–Crippen MR) is 90.3 cm³/mol. The van der Waals surface area contributed by atoms with Crippen molar-refractivity contribution in [2.45, 2.75) is 19.4 Å². The van der Waals surface area contributed by atoms with Crippen LogP contribution in [0.4, 0.5) is 5.95 Å². The Bertz CT molecular complexity index is 665. The van der Waals surface area contributed by atoms with E-state index in [0.717, 1.165) is 24.9 Å². The van der Waals surface area contributed by atoms with Gasteiger partial charge in [0.15, 0.2) is 0 Å². The Hall–Kier alpha value is -2.14. The van der Waals surface area contributed by atoms with Gasteiger partial charge in [-0.05, 0) is 30.5 Å². The summed E-state index contributed by atoms with van der Waals surface area (Å²) in [6.45, 7) is 1.99. The summed E-state index contributed by atoms with van der Waals surface area (Å²) in [6.07, 6.45) is 5.30. The number of hydrogen-bond donors (Lipinski definition) is 1. The normalized spacial score (nSPS) is 17.8. The lowest BCUT2D eigenvalue weighted by Gasteiger charge is -2.31. The van der Waals surface area contributed by atoms with E-state index in [4.69, 9.17) is 11.6 Å². The zero-order valence-corrected chi connectivity index (χ0v) is 13.5. The maximum atomic E-state index is 12.4. The molecule has 2 aromatic rings. The number of piperidine rings is 1. The molecule has 1 aliphatic heterocycles. The molecule has 0 spiro atoms. The summed E-state index contributed by atoms with van der Waals surface area (Å²) in [6, 6.07) is 9.35. The summed E-state index contributed by atoms with van der Waals surface area (Å²) in [5.41, 5.74) is 0.932. The Morgan fingerprint density at radius 2 is 2.04 bits per heavy atom. The number of halogens is 1. The van der Waals surface area contributed by atoms with Crippen molar-refractivity contribution in [2.75, 3.05) is 18.0 Å². The molecule has 1 aliphatic rings. The van der Waals surface area contributed by atoms with Crippen LogP contribution in [0.5, 0.6) is 0 Å². The molecule has 3 rings (SSSR count). The number of anilines is 1. The van der Waals surface area contributed by atoms with Gasteiger partial charge in [0.25, 0.3) is 0 Å². The molecule has 1 amide bonds. The molecule has 1 atom stereocenters. The van der Waals surface area contributed by atoms with Gasteiger partial charge in [-0.2, -0.15) is 0 Å². The molecule has 2 heterocycles. The molecule has 5 nitrogen and oxygen atoms in total. The van der Waals surface area contributed by atoms with Crippen molar-refractivity contribution >= 4 is 23.5 Å². The number of carbonyl (C=O) groups is 1. The van der Waals surface area contributed by atoms with Crippen LogP contribution >= 0.6 is 11.6 Å². The Balaban J connectivity index is 1.58. The number of carbonyl (C=O) groups excluding carboxylic acids is 1. The average Bonchev–Trinajstić information content (AvgIpc) is 2.62. The van der Waals surface area contributed by atoms with Crippen LogP contribution in [-0.2, 0) is 11.3 Å². The molecule has 6 heteroatoms. The number of benzene rings is 1. The van der Waals surface area contributed by atoms with E-state index >= 15 is 0 Å². The fourth-order valence-corrected chi connectivity index (χ4v) is 3.00. The number of rotatable bonds is 4. The second-order valence-electron chi connectivity index (χ2n) is 5.64. The van der Waals surface area contributed by atoms with E-state index in [1.807, 2.05) is 24.3 Å². The number of nitrogens with zero attached hydrogens (tertiary/aromatic N) is 3. The molecule has 0 bridgehead atoms. The quantitative estimate of drug-likeness (QED) is 0.936. The molecule has 0 unspecified atom stereocenters. The maximum absolute atomic E-state index is 12.4. The highest BCUT2D eigenvalue weighted by atomic mass is 35.5. The molecule has 1 aromatic carbocycles. The van der Waals surface area contributed by atoms with Crippen molar-refractivity contribution in [1.82, 2.24) is 15.3 Å². The first-order valence-corrected chi connectivity index (χ1v) is 8.15. The number of aromatic nitrogens is 2. The van der Waals surface area contributed by atoms with E-state index < -0.39 is 0 Å². The van der Waals surface area contributed by atoms with E-state index in [0.29, 0.717) is 24.1 Å². The maximum Gasteiger partial charge on any atom is 0.225 e. The molecule has 120 valence electrons. The van der Waals surface area contributed by atoms with Crippen LogP contribution in [-0.4, -0.2) is 29.0 Å². The van der Waals surface area contributed by atoms with Gasteiger partial charge in [0.2, 0.25) is 11.9 Å². The van der Waals surface area contributed by atoms with Crippen LogP contribution in [0.1, 0.15) is 18.4 Å². The molecule has 1 aromatic heterocycles. The molecular formula is C17H19ClN4O. The Kier molecular flexibility index (Phi) is 5.08. The smallest absolute Gasteiger partial charge is 0.225 e. The lowest BCUT2D eigenvalue weighted by molar-refractivity contribution is -0.125. The standard InChI is InChI=1S/C17H19ClN4O/c18-15-7-2-1-5-13(15)11-21-16(23)14-6-3-10-22(12-14)17-19-8-4-9-20-17/h1-2,4-5,7-9,14H,3,6,10-12H2,(H,21,23)/t14-/m1/s1. The first kappa shape index (κ1) is 15.7. The summed E-state index contributed by atoms with van der Waals surface area (Å²) < 4.78 is 0. The molecule has 1 N–H and O–H groups in total. The van der Waals surface area contributed by atoms with Crippen LogP contribution in [0, 0.1) is 5.92 Å². The van der Waals surface area contributed by atoms with Gasteiger partial charge in [-0.3, -0.25) is 4.79 Å². The topological polar surface area (TPSA) is 58.1 Å². The third-order valence-corrected chi connectivity index (χ3v) is 4.41. The van der Waals surface area contributed by atoms with Gasteiger partial charge in [0.1, 0.15) is 0 Å². The molecular weight excluding hydrogens is 312 g/mol. The highest BCUT2D eigenvalue weighted by Gasteiger charge is 2.26. The number of amides is 1. The summed E-state index contributed by atoms with van der Waals surface area (Å²) in [5.74, 6) is 0.705. The van der Waals surface area contributed by atoms with Crippen molar-refractivity contribution in [2.24, 2.45) is 5.92 Å². The summed E-state index contributed by atoms with van der Waals surface area (Å²) in [5, 5.41) is 3.67. The average molecular weight is 331 g/mol. The summed E-state index contributed by atoms with van der Waals surface area (Å²) in [7, 11) is 0. The van der Waals surface area contributed by atoms with E-state index in [9.17, 15) is 4.79 Å². The lowest BCUT2D eigenvalue weighted by Crippen LogP contribution is -2.43. The van der Waals surface area contributed by atoms with Crippen molar-refractivity contribution < 1.29 is 4.79 Å². The summed E-state index contributed by atoms with van der Waals surface area (Å²) in [4.78, 5) is 23.0. The van der Waals surface area contributed by atoms with E-state index in [1.54, 1.807) is 18.5 Å². The van der Waals surface area contributed by atoms with E-state index in [1.165, 1.54) is 0 Å². The first-order chi connectivity index (χ1) is 11.2. The molecule has 0 aliphatic carbocycles.